The van der Waals surface area contributed by atoms with Crippen molar-refractivity contribution < 1.29 is 9.59 Å². The first-order valence-electron chi connectivity index (χ1n) is 10.4. The summed E-state index contributed by atoms with van der Waals surface area (Å²) in [6.45, 7) is 2.15. The van der Waals surface area contributed by atoms with E-state index in [4.69, 9.17) is 0 Å². The van der Waals surface area contributed by atoms with Crippen molar-refractivity contribution in [2.75, 3.05) is 4.90 Å². The normalized spacial score (nSPS) is 25.9. The van der Waals surface area contributed by atoms with Crippen molar-refractivity contribution in [3.63, 3.8) is 0 Å². The van der Waals surface area contributed by atoms with E-state index in [1.165, 1.54) is 32.7 Å². The molecule has 2 amide bonds. The highest BCUT2D eigenvalue weighted by atomic mass is 79.9. The molecule has 0 radical (unpaired) electrons. The Balaban J connectivity index is 1.56. The maximum Gasteiger partial charge on any atom is 0.238 e. The van der Waals surface area contributed by atoms with Gasteiger partial charge < -0.3 is 0 Å². The number of rotatable bonds is 2. The minimum atomic E-state index is -0.333. The topological polar surface area (TPSA) is 37.4 Å². The van der Waals surface area contributed by atoms with Gasteiger partial charge in [-0.25, -0.2) is 4.90 Å². The Bertz CT molecular complexity index is 1220. The molecule has 0 unspecified atom stereocenters. The summed E-state index contributed by atoms with van der Waals surface area (Å²) in [4.78, 5) is 28.8. The number of amides is 2. The van der Waals surface area contributed by atoms with Crippen molar-refractivity contribution in [1.82, 2.24) is 0 Å². The molecule has 0 N–H and O–H groups in total. The van der Waals surface area contributed by atoms with Crippen LogP contribution in [-0.4, -0.2) is 11.8 Å². The number of halogens is 1. The molecule has 0 spiro atoms. The zero-order valence-corrected chi connectivity index (χ0v) is 18.1. The molecule has 30 heavy (non-hydrogen) atoms. The van der Waals surface area contributed by atoms with Crippen molar-refractivity contribution in [3.05, 3.63) is 99.0 Å². The lowest BCUT2D eigenvalue weighted by atomic mass is 9.55. The van der Waals surface area contributed by atoms with Gasteiger partial charge in [-0.2, -0.15) is 0 Å². The molecule has 4 atom stereocenters. The number of nitrogens with zero attached hydrogens (tertiary/aromatic N) is 1. The lowest BCUT2D eigenvalue weighted by Gasteiger charge is -2.46. The van der Waals surface area contributed by atoms with Crippen molar-refractivity contribution in [2.45, 2.75) is 25.2 Å². The number of imide groups is 1. The van der Waals surface area contributed by atoms with Crippen molar-refractivity contribution in [3.8, 4) is 0 Å². The SMILES string of the molecule is CCc1ccc2c(c1)[C@H]1c3ccccc3[C@H]2[C@@H]2C(=O)N(c3ccc(Br)cc3)C(=O)[C@H]12. The van der Waals surface area contributed by atoms with Gasteiger partial charge in [0.1, 0.15) is 0 Å². The average Bonchev–Trinajstić information content (AvgIpc) is 3.05. The maximum atomic E-state index is 13.7. The number of carbonyl (C=O) groups is 2. The van der Waals surface area contributed by atoms with E-state index in [1.807, 2.05) is 36.4 Å². The molecule has 0 saturated carbocycles. The van der Waals surface area contributed by atoms with Crippen LogP contribution in [0.4, 0.5) is 5.69 Å². The highest BCUT2D eigenvalue weighted by Crippen LogP contribution is 2.61. The molecule has 1 fully saturated rings. The largest absolute Gasteiger partial charge is 0.274 e. The minimum Gasteiger partial charge on any atom is -0.274 e. The van der Waals surface area contributed by atoms with Gasteiger partial charge in [0.25, 0.3) is 0 Å². The highest BCUT2D eigenvalue weighted by Gasteiger charge is 2.61. The number of benzene rings is 3. The molecular formula is C26H20BrNO2. The minimum absolute atomic E-state index is 0.0606. The van der Waals surface area contributed by atoms with Gasteiger partial charge in [-0.3, -0.25) is 9.59 Å². The Hall–Kier alpha value is -2.72. The Morgan fingerprint density at radius 3 is 1.93 bits per heavy atom. The van der Waals surface area contributed by atoms with Gasteiger partial charge >= 0.3 is 0 Å². The van der Waals surface area contributed by atoms with Gasteiger partial charge in [-0.1, -0.05) is 65.3 Å². The molecule has 1 aliphatic heterocycles. The fourth-order valence-corrected chi connectivity index (χ4v) is 6.11. The fraction of sp³-hybridized carbons (Fsp3) is 0.231. The van der Waals surface area contributed by atoms with Crippen LogP contribution in [0.1, 0.15) is 46.6 Å². The number of carbonyl (C=O) groups excluding carboxylic acids is 2. The van der Waals surface area contributed by atoms with E-state index in [2.05, 4.69) is 53.2 Å². The summed E-state index contributed by atoms with van der Waals surface area (Å²) in [5.41, 5.74) is 6.80. The van der Waals surface area contributed by atoms with Crippen LogP contribution < -0.4 is 4.90 Å². The Morgan fingerprint density at radius 1 is 0.767 bits per heavy atom. The second-order valence-corrected chi connectivity index (χ2v) is 9.36. The molecular weight excluding hydrogens is 438 g/mol. The number of aryl methyl sites for hydroxylation is 1. The molecule has 3 aromatic rings. The van der Waals surface area contributed by atoms with Crippen LogP contribution >= 0.6 is 15.9 Å². The summed E-state index contributed by atoms with van der Waals surface area (Å²) in [7, 11) is 0. The molecule has 3 aliphatic carbocycles. The third-order valence-corrected chi connectivity index (χ3v) is 7.63. The number of hydrogen-bond acceptors (Lipinski definition) is 2. The third-order valence-electron chi connectivity index (χ3n) is 7.10. The van der Waals surface area contributed by atoms with Gasteiger partial charge in [0, 0.05) is 16.3 Å². The van der Waals surface area contributed by atoms with Gasteiger partial charge in [-0.05, 0) is 58.5 Å². The van der Waals surface area contributed by atoms with Crippen molar-refractivity contribution in [1.29, 1.82) is 0 Å². The molecule has 4 aliphatic rings. The molecule has 148 valence electrons. The van der Waals surface area contributed by atoms with E-state index in [-0.39, 0.29) is 35.5 Å². The van der Waals surface area contributed by atoms with Gasteiger partial charge in [0.2, 0.25) is 11.8 Å². The zero-order chi connectivity index (χ0) is 20.6. The molecule has 7 rings (SSSR count). The Kier molecular flexibility index (Phi) is 3.85. The van der Waals surface area contributed by atoms with E-state index >= 15 is 0 Å². The number of hydrogen-bond donors (Lipinski definition) is 0. The van der Waals surface area contributed by atoms with E-state index in [0.717, 1.165) is 10.9 Å². The first kappa shape index (κ1) is 18.1. The summed E-state index contributed by atoms with van der Waals surface area (Å²) >= 11 is 3.44. The van der Waals surface area contributed by atoms with E-state index in [9.17, 15) is 9.59 Å². The van der Waals surface area contributed by atoms with Crippen LogP contribution in [0.25, 0.3) is 0 Å². The van der Waals surface area contributed by atoms with Crippen LogP contribution in [0.2, 0.25) is 0 Å². The molecule has 3 nitrogen and oxygen atoms in total. The van der Waals surface area contributed by atoms with Crippen LogP contribution in [0, 0.1) is 11.8 Å². The lowest BCUT2D eigenvalue weighted by Crippen LogP contribution is -2.41. The highest BCUT2D eigenvalue weighted by molar-refractivity contribution is 9.10. The Labute approximate surface area is 183 Å². The van der Waals surface area contributed by atoms with Crippen molar-refractivity contribution >= 4 is 33.4 Å². The Morgan fingerprint density at radius 2 is 1.33 bits per heavy atom. The van der Waals surface area contributed by atoms with Gasteiger partial charge in [0.15, 0.2) is 0 Å². The first-order chi connectivity index (χ1) is 14.6. The molecule has 1 saturated heterocycles. The smallest absolute Gasteiger partial charge is 0.238 e. The number of anilines is 1. The average molecular weight is 458 g/mol. The second kappa shape index (κ2) is 6.39. The molecule has 3 aromatic carbocycles. The predicted octanol–water partition coefficient (Wildman–Crippen LogP) is 5.41. The molecule has 4 heteroatoms. The van der Waals surface area contributed by atoms with Crippen LogP contribution in [0.15, 0.2) is 71.2 Å². The molecule has 1 heterocycles. The zero-order valence-electron chi connectivity index (χ0n) is 16.5. The van der Waals surface area contributed by atoms with Crippen LogP contribution in [0.3, 0.4) is 0 Å². The summed E-state index contributed by atoms with van der Waals surface area (Å²) in [5.74, 6) is -0.920. The first-order valence-corrected chi connectivity index (χ1v) is 11.2. The predicted molar refractivity (Wildman–Crippen MR) is 120 cm³/mol. The summed E-state index contributed by atoms with van der Waals surface area (Å²) in [5, 5.41) is 0. The fourth-order valence-electron chi connectivity index (χ4n) is 5.84. The van der Waals surface area contributed by atoms with E-state index < -0.39 is 0 Å². The lowest BCUT2D eigenvalue weighted by molar-refractivity contribution is -0.122. The van der Waals surface area contributed by atoms with Crippen LogP contribution in [0.5, 0.6) is 0 Å². The molecule has 0 aromatic heterocycles. The van der Waals surface area contributed by atoms with E-state index in [0.29, 0.717) is 5.69 Å². The summed E-state index contributed by atoms with van der Waals surface area (Å²) in [6.07, 6.45) is 0.957. The van der Waals surface area contributed by atoms with Crippen LogP contribution in [-0.2, 0) is 16.0 Å². The standard InChI is InChI=1S/C26H20BrNO2/c1-2-14-7-12-19-20(13-14)22-18-6-4-3-5-17(18)21(19)23-24(22)26(30)28(25(23)29)16-10-8-15(27)9-11-16/h3-13,21-24H,2H2,1H3/t21-,22-,23+,24-/m1/s1. The van der Waals surface area contributed by atoms with Gasteiger partial charge in [0.05, 0.1) is 17.5 Å². The monoisotopic (exact) mass is 457 g/mol. The summed E-state index contributed by atoms with van der Waals surface area (Å²) < 4.78 is 0.926. The van der Waals surface area contributed by atoms with Crippen molar-refractivity contribution in [2.24, 2.45) is 11.8 Å². The molecule has 2 bridgehead atoms. The quantitative estimate of drug-likeness (QED) is 0.482. The second-order valence-electron chi connectivity index (χ2n) is 8.44. The van der Waals surface area contributed by atoms with E-state index in [1.54, 1.807) is 0 Å². The van der Waals surface area contributed by atoms with Gasteiger partial charge in [-0.15, -0.1) is 0 Å². The maximum absolute atomic E-state index is 13.7. The summed E-state index contributed by atoms with van der Waals surface area (Å²) in [6, 6.07) is 22.4. The third kappa shape index (κ3) is 2.26.